The molecule has 0 aliphatic carbocycles. The molecular formula is C10H14Cl2N2O2. The second kappa shape index (κ2) is 4.63. The summed E-state index contributed by atoms with van der Waals surface area (Å²) in [6.07, 6.45) is 0. The standard InChI is InChI=1S/C10H14Cl2N2O2/c1-5(2)7-9(11)14(16)8(6(3)4)10(12)13(7)15/h5-6H,1-4H3. The first-order chi connectivity index (χ1) is 7.29. The summed E-state index contributed by atoms with van der Waals surface area (Å²) in [4.78, 5) is 11.9. The number of hydrogen-bond acceptors (Lipinski definition) is 2. The molecule has 0 N–H and O–H groups in total. The number of hydrogen-bond donors (Lipinski definition) is 0. The molecule has 0 aromatic carbocycles. The van der Waals surface area contributed by atoms with Crippen LogP contribution >= 0.6 is 23.2 Å². The van der Waals surface area contributed by atoms with E-state index in [-0.39, 0.29) is 33.5 Å². The molecule has 90 valence electrons. The van der Waals surface area contributed by atoms with Crippen molar-refractivity contribution in [1.82, 2.24) is 4.73 Å². The lowest BCUT2D eigenvalue weighted by Crippen LogP contribution is -2.29. The molecule has 0 saturated carbocycles. The van der Waals surface area contributed by atoms with Gasteiger partial charge in [-0.05, 0) is 11.6 Å². The predicted octanol–water partition coefficient (Wildman–Crippen LogP) is 3.30. The lowest BCUT2D eigenvalue weighted by atomic mass is 10.1. The molecule has 0 radical (unpaired) electrons. The summed E-state index contributed by atoms with van der Waals surface area (Å²) in [5.41, 5.74) is 0.400. The topological polar surface area (TPSA) is 51.0 Å². The average molecular weight is 265 g/mol. The lowest BCUT2D eigenvalue weighted by Gasteiger charge is -2.20. The Labute approximate surface area is 104 Å². The first-order valence-corrected chi connectivity index (χ1v) is 5.78. The van der Waals surface area contributed by atoms with Gasteiger partial charge in [-0.15, -0.1) is 0 Å². The Morgan fingerprint density at radius 3 is 2.06 bits per heavy atom. The first kappa shape index (κ1) is 13.3. The Morgan fingerprint density at radius 2 is 1.69 bits per heavy atom. The van der Waals surface area contributed by atoms with E-state index in [1.165, 1.54) is 0 Å². The molecular weight excluding hydrogens is 251 g/mol. The van der Waals surface area contributed by atoms with Crippen LogP contribution in [-0.4, -0.2) is 4.73 Å². The van der Waals surface area contributed by atoms with Crippen molar-refractivity contribution in [2.45, 2.75) is 39.5 Å². The normalized spacial score (nSPS) is 11.5. The Bertz CT molecular complexity index is 467. The van der Waals surface area contributed by atoms with Crippen molar-refractivity contribution in [3.8, 4) is 0 Å². The summed E-state index contributed by atoms with van der Waals surface area (Å²) in [5.74, 6) is -0.326. The van der Waals surface area contributed by atoms with Gasteiger partial charge in [-0.25, -0.2) is 0 Å². The summed E-state index contributed by atoms with van der Waals surface area (Å²) >= 11 is 11.8. The molecule has 1 rings (SSSR count). The van der Waals surface area contributed by atoms with Crippen molar-refractivity contribution >= 4 is 23.2 Å². The number of nitrogens with zero attached hydrogens (tertiary/aromatic N) is 2. The smallest absolute Gasteiger partial charge is 0.350 e. The maximum absolute atomic E-state index is 11.9. The van der Waals surface area contributed by atoms with E-state index in [0.717, 1.165) is 0 Å². The van der Waals surface area contributed by atoms with Gasteiger partial charge in [0, 0.05) is 16.7 Å². The highest BCUT2D eigenvalue weighted by molar-refractivity contribution is 6.31. The highest BCUT2D eigenvalue weighted by Crippen LogP contribution is 2.28. The molecule has 0 fully saturated rings. The molecule has 16 heavy (non-hydrogen) atoms. The van der Waals surface area contributed by atoms with E-state index in [4.69, 9.17) is 23.2 Å². The van der Waals surface area contributed by atoms with Gasteiger partial charge in [0.05, 0.1) is 4.43 Å². The molecule has 0 saturated heterocycles. The number of halogens is 2. The van der Waals surface area contributed by atoms with Crippen molar-refractivity contribution in [2.24, 2.45) is 0 Å². The predicted molar refractivity (Wildman–Crippen MR) is 64.8 cm³/mol. The fraction of sp³-hybridized carbons (Fsp3) is 0.600. The van der Waals surface area contributed by atoms with Crippen molar-refractivity contribution in [3.05, 3.63) is 31.8 Å². The van der Waals surface area contributed by atoms with E-state index in [1.807, 2.05) is 0 Å². The average Bonchev–Trinajstić information content (AvgIpc) is 2.14. The van der Waals surface area contributed by atoms with Crippen molar-refractivity contribution in [1.29, 1.82) is 0 Å². The van der Waals surface area contributed by atoms with E-state index in [9.17, 15) is 10.1 Å². The summed E-state index contributed by atoms with van der Waals surface area (Å²) in [6.45, 7) is 7.12. The SMILES string of the molecule is CC(C)c1c(Cl)[n+](=O)c(C(C)C)c(Cl)n1[O-]. The highest BCUT2D eigenvalue weighted by atomic mass is 35.5. The molecule has 0 unspecified atom stereocenters. The summed E-state index contributed by atoms with van der Waals surface area (Å²) in [6, 6.07) is 0. The van der Waals surface area contributed by atoms with Crippen LogP contribution < -0.4 is 4.43 Å². The Hall–Kier alpha value is -0.740. The minimum absolute atomic E-state index is 0.0990. The summed E-state index contributed by atoms with van der Waals surface area (Å²) in [7, 11) is 0. The van der Waals surface area contributed by atoms with E-state index < -0.39 is 0 Å². The monoisotopic (exact) mass is 264 g/mol. The second-order valence-corrected chi connectivity index (χ2v) is 4.97. The van der Waals surface area contributed by atoms with Crippen LogP contribution in [0.3, 0.4) is 0 Å². The van der Waals surface area contributed by atoms with Crippen LogP contribution in [0.2, 0.25) is 10.3 Å². The van der Waals surface area contributed by atoms with E-state index in [1.54, 1.807) is 27.7 Å². The fourth-order valence-corrected chi connectivity index (χ4v) is 2.30. The molecule has 0 bridgehead atoms. The van der Waals surface area contributed by atoms with Gasteiger partial charge in [0.25, 0.3) is 5.69 Å². The van der Waals surface area contributed by atoms with Gasteiger partial charge >= 0.3 is 5.15 Å². The molecule has 0 spiro atoms. The van der Waals surface area contributed by atoms with Crippen LogP contribution in [-0.2, 0) is 0 Å². The van der Waals surface area contributed by atoms with Crippen LogP contribution in [0.15, 0.2) is 0 Å². The Balaban J connectivity index is 3.71. The summed E-state index contributed by atoms with van der Waals surface area (Å²) in [5, 5.41) is 11.7. The second-order valence-electron chi connectivity index (χ2n) is 4.25. The van der Waals surface area contributed by atoms with Gasteiger partial charge in [-0.3, -0.25) is 0 Å². The quantitative estimate of drug-likeness (QED) is 0.770. The van der Waals surface area contributed by atoms with Gasteiger partial charge in [0.1, 0.15) is 5.69 Å². The molecule has 0 atom stereocenters. The van der Waals surface area contributed by atoms with E-state index in [0.29, 0.717) is 9.16 Å². The molecule has 6 heteroatoms. The third-order valence-corrected chi connectivity index (χ3v) is 3.00. The van der Waals surface area contributed by atoms with Gasteiger partial charge < -0.3 is 9.94 Å². The third-order valence-electron chi connectivity index (χ3n) is 2.31. The van der Waals surface area contributed by atoms with Crippen molar-refractivity contribution in [3.63, 3.8) is 0 Å². The van der Waals surface area contributed by atoms with Gasteiger partial charge in [-0.1, -0.05) is 39.3 Å². The highest BCUT2D eigenvalue weighted by Gasteiger charge is 2.28. The van der Waals surface area contributed by atoms with E-state index in [2.05, 4.69) is 0 Å². The zero-order valence-corrected chi connectivity index (χ0v) is 11.1. The van der Waals surface area contributed by atoms with Gasteiger partial charge in [-0.2, -0.15) is 0 Å². The molecule has 1 heterocycles. The van der Waals surface area contributed by atoms with Crippen LogP contribution in [0.25, 0.3) is 0 Å². The van der Waals surface area contributed by atoms with Crippen LogP contribution in [0, 0.1) is 10.1 Å². The zero-order chi connectivity index (χ0) is 12.6. The molecule has 0 amide bonds. The fourth-order valence-electron chi connectivity index (χ4n) is 1.53. The summed E-state index contributed by atoms with van der Waals surface area (Å²) < 4.78 is 1.08. The number of rotatable bonds is 2. The number of aromatic nitrogens is 2. The molecule has 1 aromatic heterocycles. The van der Waals surface area contributed by atoms with Crippen LogP contribution in [0.1, 0.15) is 50.9 Å². The van der Waals surface area contributed by atoms with Gasteiger partial charge in [0.15, 0.2) is 5.15 Å². The molecule has 1 aromatic rings. The molecule has 0 aliphatic rings. The van der Waals surface area contributed by atoms with Crippen molar-refractivity contribution in [2.75, 3.05) is 0 Å². The lowest BCUT2D eigenvalue weighted by molar-refractivity contribution is -0.505. The minimum Gasteiger partial charge on any atom is -0.804 e. The van der Waals surface area contributed by atoms with Crippen molar-refractivity contribution < 1.29 is 4.43 Å². The maximum Gasteiger partial charge on any atom is 0.350 e. The van der Waals surface area contributed by atoms with Crippen LogP contribution in [0.4, 0.5) is 0 Å². The first-order valence-electron chi connectivity index (χ1n) is 5.02. The third kappa shape index (κ3) is 2.04. The maximum atomic E-state index is 11.9. The molecule has 4 nitrogen and oxygen atoms in total. The minimum atomic E-state index is -0.163. The Morgan fingerprint density at radius 1 is 1.19 bits per heavy atom. The zero-order valence-electron chi connectivity index (χ0n) is 9.62. The van der Waals surface area contributed by atoms with Crippen LogP contribution in [0.5, 0.6) is 0 Å². The Kier molecular flexibility index (Phi) is 3.86. The molecule has 0 aliphatic heterocycles. The van der Waals surface area contributed by atoms with Gasteiger partial charge in [0.2, 0.25) is 0 Å². The largest absolute Gasteiger partial charge is 0.804 e. The van der Waals surface area contributed by atoms with E-state index >= 15 is 0 Å².